The first-order chi connectivity index (χ1) is 11.4. The third-order valence-electron chi connectivity index (χ3n) is 3.49. The molecule has 128 valence electrons. The SMILES string of the molecule is Cc1cccc(C(C)C)c1NC(=O)/C(C#N)=C\NCCCC(=O)O. The second kappa shape index (κ2) is 9.36. The van der Waals surface area contributed by atoms with Gasteiger partial charge in [0.2, 0.25) is 0 Å². The van der Waals surface area contributed by atoms with Gasteiger partial charge in [0.05, 0.1) is 0 Å². The normalized spacial score (nSPS) is 11.0. The molecule has 0 aliphatic carbocycles. The van der Waals surface area contributed by atoms with Gasteiger partial charge < -0.3 is 15.7 Å². The lowest BCUT2D eigenvalue weighted by atomic mass is 9.98. The highest BCUT2D eigenvalue weighted by Gasteiger charge is 2.15. The second-order valence-electron chi connectivity index (χ2n) is 5.77. The molecule has 1 aromatic carbocycles. The second-order valence-corrected chi connectivity index (χ2v) is 5.77. The maximum atomic E-state index is 12.3. The first kappa shape index (κ1) is 19.2. The molecular weight excluding hydrogens is 306 g/mol. The van der Waals surface area contributed by atoms with Crippen molar-refractivity contribution in [2.24, 2.45) is 0 Å². The van der Waals surface area contributed by atoms with Gasteiger partial charge in [0, 0.05) is 24.9 Å². The summed E-state index contributed by atoms with van der Waals surface area (Å²) in [6, 6.07) is 7.65. The van der Waals surface area contributed by atoms with Crippen molar-refractivity contribution >= 4 is 17.6 Å². The van der Waals surface area contributed by atoms with E-state index in [1.54, 1.807) is 0 Å². The fourth-order valence-corrected chi connectivity index (χ4v) is 2.19. The van der Waals surface area contributed by atoms with Gasteiger partial charge >= 0.3 is 5.97 Å². The summed E-state index contributed by atoms with van der Waals surface area (Å²) in [6.07, 6.45) is 1.78. The quantitative estimate of drug-likeness (QED) is 0.386. The van der Waals surface area contributed by atoms with E-state index in [1.165, 1.54) is 6.20 Å². The van der Waals surface area contributed by atoms with Crippen molar-refractivity contribution in [1.29, 1.82) is 5.26 Å². The van der Waals surface area contributed by atoms with Crippen LogP contribution >= 0.6 is 0 Å². The number of anilines is 1. The highest BCUT2D eigenvalue weighted by atomic mass is 16.4. The molecule has 1 amide bonds. The first-order valence-electron chi connectivity index (χ1n) is 7.83. The predicted molar refractivity (Wildman–Crippen MR) is 92.5 cm³/mol. The van der Waals surface area contributed by atoms with Crippen molar-refractivity contribution in [1.82, 2.24) is 5.32 Å². The Bertz CT molecular complexity index is 673. The summed E-state index contributed by atoms with van der Waals surface area (Å²) in [5.74, 6) is -1.12. The van der Waals surface area contributed by atoms with Gasteiger partial charge in [-0.2, -0.15) is 5.26 Å². The van der Waals surface area contributed by atoms with Crippen molar-refractivity contribution in [3.63, 3.8) is 0 Å². The zero-order valence-electron chi connectivity index (χ0n) is 14.2. The van der Waals surface area contributed by atoms with Crippen LogP contribution in [0.3, 0.4) is 0 Å². The minimum absolute atomic E-state index is 0.0376. The lowest BCUT2D eigenvalue weighted by molar-refractivity contribution is -0.137. The smallest absolute Gasteiger partial charge is 0.303 e. The number of nitrogens with zero attached hydrogens (tertiary/aromatic N) is 1. The number of nitrogens with one attached hydrogen (secondary N) is 2. The van der Waals surface area contributed by atoms with Crippen molar-refractivity contribution in [3.8, 4) is 6.07 Å². The molecule has 0 heterocycles. The Balaban J connectivity index is 2.78. The number of carboxylic acid groups (broad SMARTS) is 1. The summed E-state index contributed by atoms with van der Waals surface area (Å²) in [5.41, 5.74) is 2.61. The van der Waals surface area contributed by atoms with Crippen LogP contribution in [0, 0.1) is 18.3 Å². The van der Waals surface area contributed by atoms with Crippen LogP contribution in [0.15, 0.2) is 30.0 Å². The molecule has 0 saturated carbocycles. The summed E-state index contributed by atoms with van der Waals surface area (Å²) < 4.78 is 0. The third kappa shape index (κ3) is 5.76. The molecule has 0 aliphatic heterocycles. The molecule has 0 unspecified atom stereocenters. The van der Waals surface area contributed by atoms with Crippen molar-refractivity contribution < 1.29 is 14.7 Å². The standard InChI is InChI=1S/C18H23N3O3/c1-12(2)15-7-4-6-13(3)17(15)21-18(24)14(10-19)11-20-9-5-8-16(22)23/h4,6-7,11-12,20H,5,8-9H2,1-3H3,(H,21,24)(H,22,23)/b14-11-. The number of amides is 1. The van der Waals surface area contributed by atoms with Crippen LogP contribution in [-0.4, -0.2) is 23.5 Å². The fraction of sp³-hybridized carbons (Fsp3) is 0.389. The Morgan fingerprint density at radius 1 is 1.38 bits per heavy atom. The largest absolute Gasteiger partial charge is 0.481 e. The number of hydrogen-bond donors (Lipinski definition) is 3. The van der Waals surface area contributed by atoms with Gasteiger partial charge in [-0.1, -0.05) is 32.0 Å². The van der Waals surface area contributed by atoms with Crippen molar-refractivity contribution in [2.75, 3.05) is 11.9 Å². The molecule has 0 bridgehead atoms. The molecule has 0 aromatic heterocycles. The molecule has 0 aliphatic rings. The van der Waals surface area contributed by atoms with E-state index in [1.807, 2.05) is 45.0 Å². The van der Waals surface area contributed by atoms with Crippen molar-refractivity contribution in [3.05, 3.63) is 41.1 Å². The van der Waals surface area contributed by atoms with Gasteiger partial charge in [0.15, 0.2) is 0 Å². The summed E-state index contributed by atoms with van der Waals surface area (Å²) >= 11 is 0. The van der Waals surface area contributed by atoms with Gasteiger partial charge in [0.1, 0.15) is 11.6 Å². The molecule has 0 spiro atoms. The summed E-state index contributed by atoms with van der Waals surface area (Å²) in [5, 5.41) is 23.3. The number of para-hydroxylation sites is 1. The Morgan fingerprint density at radius 2 is 2.08 bits per heavy atom. The maximum absolute atomic E-state index is 12.3. The van der Waals surface area contributed by atoms with Gasteiger partial charge in [-0.25, -0.2) is 0 Å². The number of rotatable bonds is 8. The van der Waals surface area contributed by atoms with Crippen LogP contribution in [0.5, 0.6) is 0 Å². The average molecular weight is 329 g/mol. The number of carboxylic acids is 1. The molecule has 0 atom stereocenters. The van der Waals surface area contributed by atoms with E-state index in [2.05, 4.69) is 10.6 Å². The lowest BCUT2D eigenvalue weighted by Gasteiger charge is -2.16. The Hall–Kier alpha value is -2.81. The van der Waals surface area contributed by atoms with E-state index in [4.69, 9.17) is 10.4 Å². The van der Waals surface area contributed by atoms with Crippen LogP contribution in [0.2, 0.25) is 0 Å². The van der Waals surface area contributed by atoms with Crippen molar-refractivity contribution in [2.45, 2.75) is 39.5 Å². The molecule has 0 radical (unpaired) electrons. The van der Waals surface area contributed by atoms with Crippen LogP contribution in [0.25, 0.3) is 0 Å². The van der Waals surface area contributed by atoms with Crippen LogP contribution < -0.4 is 10.6 Å². The highest BCUT2D eigenvalue weighted by Crippen LogP contribution is 2.27. The van der Waals surface area contributed by atoms with E-state index in [9.17, 15) is 9.59 Å². The lowest BCUT2D eigenvalue weighted by Crippen LogP contribution is -2.19. The average Bonchev–Trinajstić information content (AvgIpc) is 2.52. The minimum atomic E-state index is -0.875. The molecule has 1 aromatic rings. The van der Waals surface area contributed by atoms with Gasteiger partial charge in [-0.3, -0.25) is 9.59 Å². The maximum Gasteiger partial charge on any atom is 0.303 e. The third-order valence-corrected chi connectivity index (χ3v) is 3.49. The number of benzene rings is 1. The molecule has 1 rings (SSSR count). The monoisotopic (exact) mass is 329 g/mol. The highest BCUT2D eigenvalue weighted by molar-refractivity contribution is 6.07. The van der Waals surface area contributed by atoms with Crippen LogP contribution in [0.4, 0.5) is 5.69 Å². The molecule has 0 fully saturated rings. The number of carbonyl (C=O) groups is 2. The number of aryl methyl sites for hydroxylation is 1. The van der Waals surface area contributed by atoms with E-state index < -0.39 is 11.9 Å². The summed E-state index contributed by atoms with van der Waals surface area (Å²) in [4.78, 5) is 22.7. The molecular formula is C18H23N3O3. The Kier molecular flexibility index (Phi) is 7.50. The first-order valence-corrected chi connectivity index (χ1v) is 7.83. The number of nitriles is 1. The Labute approximate surface area is 142 Å². The molecule has 6 nitrogen and oxygen atoms in total. The predicted octanol–water partition coefficient (Wildman–Crippen LogP) is 2.92. The van der Waals surface area contributed by atoms with Gasteiger partial charge in [-0.05, 0) is 30.4 Å². The van der Waals surface area contributed by atoms with E-state index in [0.29, 0.717) is 13.0 Å². The number of hydrogen-bond acceptors (Lipinski definition) is 4. The topological polar surface area (TPSA) is 102 Å². The van der Waals surface area contributed by atoms with Gasteiger partial charge in [-0.15, -0.1) is 0 Å². The van der Waals surface area contributed by atoms with E-state index in [-0.39, 0.29) is 17.9 Å². The molecule has 0 saturated heterocycles. The Morgan fingerprint density at radius 3 is 2.67 bits per heavy atom. The van der Waals surface area contributed by atoms with Gasteiger partial charge in [0.25, 0.3) is 5.91 Å². The van der Waals surface area contributed by atoms with Crippen LogP contribution in [-0.2, 0) is 9.59 Å². The van der Waals surface area contributed by atoms with E-state index in [0.717, 1.165) is 16.8 Å². The molecule has 6 heteroatoms. The summed E-state index contributed by atoms with van der Waals surface area (Å²) in [6.45, 7) is 6.36. The molecule has 24 heavy (non-hydrogen) atoms. The van der Waals surface area contributed by atoms with E-state index >= 15 is 0 Å². The van der Waals surface area contributed by atoms with Crippen LogP contribution in [0.1, 0.15) is 43.7 Å². The fourth-order valence-electron chi connectivity index (χ4n) is 2.19. The minimum Gasteiger partial charge on any atom is -0.481 e. The number of aliphatic carboxylic acids is 1. The number of carbonyl (C=O) groups excluding carboxylic acids is 1. The zero-order valence-corrected chi connectivity index (χ0v) is 14.2. The molecule has 3 N–H and O–H groups in total. The summed E-state index contributed by atoms with van der Waals surface area (Å²) in [7, 11) is 0. The zero-order chi connectivity index (χ0) is 18.1.